The number of cyclic esters (lactones) is 1. The van der Waals surface area contributed by atoms with Gasteiger partial charge in [0.05, 0.1) is 5.41 Å². The van der Waals surface area contributed by atoms with Crippen LogP contribution in [0.3, 0.4) is 0 Å². The Labute approximate surface area is 94.0 Å². The number of benzene rings is 1. The zero-order valence-corrected chi connectivity index (χ0v) is 8.98. The summed E-state index contributed by atoms with van der Waals surface area (Å²) >= 11 is 0. The third kappa shape index (κ3) is 1.24. The summed E-state index contributed by atoms with van der Waals surface area (Å²) in [7, 11) is 0. The Morgan fingerprint density at radius 2 is 2.06 bits per heavy atom. The number of hydrogen-bond acceptors (Lipinski definition) is 3. The number of aromatic hydroxyl groups is 1. The standard InChI is InChI=1S/C13H14O3/c14-10-5-2-1-4-9(10)11-8-13(6-3-7-13)12(15)16-11/h1-2,4-5,11,14H,3,6-8H2. The lowest BCUT2D eigenvalue weighted by atomic mass is 9.67. The normalized spacial score (nSPS) is 26.5. The quantitative estimate of drug-likeness (QED) is 0.737. The molecule has 1 unspecified atom stereocenters. The molecule has 1 aliphatic carbocycles. The topological polar surface area (TPSA) is 46.5 Å². The molecule has 1 aromatic carbocycles. The summed E-state index contributed by atoms with van der Waals surface area (Å²) < 4.78 is 5.39. The Morgan fingerprint density at radius 1 is 1.31 bits per heavy atom. The molecule has 2 aliphatic rings. The van der Waals surface area contributed by atoms with Crippen LogP contribution in [0.2, 0.25) is 0 Å². The molecule has 1 saturated heterocycles. The van der Waals surface area contributed by atoms with Crippen molar-refractivity contribution in [2.75, 3.05) is 0 Å². The second kappa shape index (κ2) is 3.24. The highest BCUT2D eigenvalue weighted by Gasteiger charge is 2.53. The van der Waals surface area contributed by atoms with Gasteiger partial charge in [-0.25, -0.2) is 0 Å². The second-order valence-corrected chi connectivity index (χ2v) is 4.79. The van der Waals surface area contributed by atoms with Crippen LogP contribution in [0.15, 0.2) is 24.3 Å². The maximum atomic E-state index is 11.8. The number of carbonyl (C=O) groups excluding carboxylic acids is 1. The van der Waals surface area contributed by atoms with Crippen molar-refractivity contribution in [3.63, 3.8) is 0 Å². The van der Waals surface area contributed by atoms with Crippen LogP contribution in [0.5, 0.6) is 5.75 Å². The minimum Gasteiger partial charge on any atom is -0.508 e. The second-order valence-electron chi connectivity index (χ2n) is 4.79. The van der Waals surface area contributed by atoms with Crippen molar-refractivity contribution in [3.8, 4) is 5.75 Å². The number of phenolic OH excluding ortho intramolecular Hbond substituents is 1. The van der Waals surface area contributed by atoms with Gasteiger partial charge in [-0.05, 0) is 18.9 Å². The van der Waals surface area contributed by atoms with Gasteiger partial charge in [-0.3, -0.25) is 4.79 Å². The average Bonchev–Trinajstić information content (AvgIpc) is 2.56. The smallest absolute Gasteiger partial charge is 0.312 e. The number of hydrogen-bond donors (Lipinski definition) is 1. The summed E-state index contributed by atoms with van der Waals surface area (Å²) in [6.45, 7) is 0. The van der Waals surface area contributed by atoms with Crippen molar-refractivity contribution in [2.45, 2.75) is 31.8 Å². The van der Waals surface area contributed by atoms with E-state index in [0.717, 1.165) is 31.2 Å². The summed E-state index contributed by atoms with van der Waals surface area (Å²) in [5, 5.41) is 9.73. The Morgan fingerprint density at radius 3 is 2.62 bits per heavy atom. The average molecular weight is 218 g/mol. The largest absolute Gasteiger partial charge is 0.508 e. The first kappa shape index (κ1) is 9.70. The van der Waals surface area contributed by atoms with E-state index in [1.807, 2.05) is 12.1 Å². The van der Waals surface area contributed by atoms with E-state index in [1.54, 1.807) is 12.1 Å². The van der Waals surface area contributed by atoms with Crippen molar-refractivity contribution in [1.82, 2.24) is 0 Å². The molecule has 0 aromatic heterocycles. The van der Waals surface area contributed by atoms with Crippen LogP contribution in [0.4, 0.5) is 0 Å². The summed E-state index contributed by atoms with van der Waals surface area (Å²) in [5.41, 5.74) is 0.507. The minimum absolute atomic E-state index is 0.0768. The van der Waals surface area contributed by atoms with E-state index >= 15 is 0 Å². The van der Waals surface area contributed by atoms with E-state index in [9.17, 15) is 9.90 Å². The molecule has 2 fully saturated rings. The zero-order valence-electron chi connectivity index (χ0n) is 8.98. The summed E-state index contributed by atoms with van der Waals surface area (Å²) in [6, 6.07) is 7.09. The molecule has 1 spiro atoms. The predicted molar refractivity (Wildman–Crippen MR) is 57.8 cm³/mol. The molecule has 84 valence electrons. The van der Waals surface area contributed by atoms with Gasteiger partial charge in [-0.15, -0.1) is 0 Å². The van der Waals surface area contributed by atoms with Crippen LogP contribution in [-0.2, 0) is 9.53 Å². The molecule has 0 amide bonds. The molecule has 1 aliphatic heterocycles. The summed E-state index contributed by atoms with van der Waals surface area (Å²) in [6.07, 6.45) is 3.46. The molecule has 3 rings (SSSR count). The van der Waals surface area contributed by atoms with E-state index in [-0.39, 0.29) is 23.2 Å². The van der Waals surface area contributed by atoms with Gasteiger partial charge in [0.2, 0.25) is 0 Å². The number of ether oxygens (including phenoxy) is 1. The molecular weight excluding hydrogens is 204 g/mol. The minimum atomic E-state index is -0.256. The van der Waals surface area contributed by atoms with Crippen molar-refractivity contribution < 1.29 is 14.6 Å². The first-order valence-corrected chi connectivity index (χ1v) is 5.70. The number of para-hydroxylation sites is 1. The van der Waals surface area contributed by atoms with E-state index in [1.165, 1.54) is 0 Å². The Hall–Kier alpha value is -1.51. The van der Waals surface area contributed by atoms with Gasteiger partial charge in [0.15, 0.2) is 0 Å². The van der Waals surface area contributed by atoms with Crippen LogP contribution in [0.1, 0.15) is 37.4 Å². The van der Waals surface area contributed by atoms with Crippen molar-refractivity contribution >= 4 is 5.97 Å². The maximum absolute atomic E-state index is 11.8. The van der Waals surface area contributed by atoms with Crippen LogP contribution in [0.25, 0.3) is 0 Å². The lowest BCUT2D eigenvalue weighted by Crippen LogP contribution is -2.33. The van der Waals surface area contributed by atoms with Gasteiger partial charge in [-0.2, -0.15) is 0 Å². The van der Waals surface area contributed by atoms with E-state index in [0.29, 0.717) is 0 Å². The monoisotopic (exact) mass is 218 g/mol. The molecule has 1 saturated carbocycles. The van der Waals surface area contributed by atoms with Crippen LogP contribution >= 0.6 is 0 Å². The van der Waals surface area contributed by atoms with Gasteiger partial charge in [0, 0.05) is 12.0 Å². The molecule has 0 bridgehead atoms. The van der Waals surface area contributed by atoms with E-state index < -0.39 is 0 Å². The lowest BCUT2D eigenvalue weighted by Gasteiger charge is -2.33. The van der Waals surface area contributed by atoms with Crippen LogP contribution in [-0.4, -0.2) is 11.1 Å². The van der Waals surface area contributed by atoms with Crippen molar-refractivity contribution in [2.24, 2.45) is 5.41 Å². The molecule has 1 N–H and O–H groups in total. The highest BCUT2D eigenvalue weighted by atomic mass is 16.6. The highest BCUT2D eigenvalue weighted by molar-refractivity contribution is 5.80. The first-order valence-electron chi connectivity index (χ1n) is 5.70. The van der Waals surface area contributed by atoms with Gasteiger partial charge in [0.1, 0.15) is 11.9 Å². The van der Waals surface area contributed by atoms with Crippen LogP contribution in [0, 0.1) is 5.41 Å². The molecule has 1 aromatic rings. The van der Waals surface area contributed by atoms with Gasteiger partial charge < -0.3 is 9.84 Å². The number of carbonyl (C=O) groups is 1. The van der Waals surface area contributed by atoms with Gasteiger partial charge in [-0.1, -0.05) is 24.6 Å². The number of phenols is 1. The number of esters is 1. The third-order valence-corrected chi connectivity index (χ3v) is 3.85. The molecular formula is C13H14O3. The first-order chi connectivity index (χ1) is 7.71. The molecule has 3 nitrogen and oxygen atoms in total. The summed E-state index contributed by atoms with van der Waals surface area (Å²) in [5.74, 6) is 0.142. The molecule has 1 atom stereocenters. The molecule has 0 radical (unpaired) electrons. The molecule has 16 heavy (non-hydrogen) atoms. The Bertz CT molecular complexity index is 435. The van der Waals surface area contributed by atoms with Crippen molar-refractivity contribution in [3.05, 3.63) is 29.8 Å². The van der Waals surface area contributed by atoms with E-state index in [2.05, 4.69) is 0 Å². The lowest BCUT2D eigenvalue weighted by molar-refractivity contribution is -0.152. The van der Waals surface area contributed by atoms with Gasteiger partial charge in [0.25, 0.3) is 0 Å². The molecule has 1 heterocycles. The highest BCUT2D eigenvalue weighted by Crippen LogP contribution is 2.54. The Kier molecular flexibility index (Phi) is 1.96. The maximum Gasteiger partial charge on any atom is 0.312 e. The van der Waals surface area contributed by atoms with E-state index in [4.69, 9.17) is 4.74 Å². The fourth-order valence-corrected chi connectivity index (χ4v) is 2.68. The fourth-order valence-electron chi connectivity index (χ4n) is 2.68. The van der Waals surface area contributed by atoms with Crippen molar-refractivity contribution in [1.29, 1.82) is 0 Å². The molecule has 3 heteroatoms. The summed E-state index contributed by atoms with van der Waals surface area (Å²) in [4.78, 5) is 11.8. The fraction of sp³-hybridized carbons (Fsp3) is 0.462. The predicted octanol–water partition coefficient (Wildman–Crippen LogP) is 2.55. The zero-order chi connectivity index (χ0) is 11.2. The SMILES string of the molecule is O=C1OC(c2ccccc2O)CC12CCC2. The Balaban J connectivity index is 1.88. The number of rotatable bonds is 1. The van der Waals surface area contributed by atoms with Crippen LogP contribution < -0.4 is 0 Å². The van der Waals surface area contributed by atoms with Gasteiger partial charge >= 0.3 is 5.97 Å². The third-order valence-electron chi connectivity index (χ3n) is 3.85.